The second-order valence-electron chi connectivity index (χ2n) is 5.97. The molecule has 0 bridgehead atoms. The van der Waals surface area contributed by atoms with E-state index in [-0.39, 0.29) is 23.2 Å². The minimum Gasteiger partial charge on any atom is -0.433 e. The number of nitrogens with zero attached hydrogens (tertiary/aromatic N) is 2. The normalized spacial score (nSPS) is 14.8. The van der Waals surface area contributed by atoms with E-state index in [1.165, 1.54) is 18.5 Å². The van der Waals surface area contributed by atoms with E-state index in [1.807, 2.05) is 0 Å². The van der Waals surface area contributed by atoms with Crippen LogP contribution in [0.4, 0.5) is 14.5 Å². The van der Waals surface area contributed by atoms with Crippen molar-refractivity contribution in [2.75, 3.05) is 18.5 Å². The van der Waals surface area contributed by atoms with Gasteiger partial charge in [0, 0.05) is 48.5 Å². The predicted molar refractivity (Wildman–Crippen MR) is 93.9 cm³/mol. The van der Waals surface area contributed by atoms with Crippen LogP contribution < -0.4 is 10.1 Å². The number of anilines is 1. The van der Waals surface area contributed by atoms with E-state index >= 15 is 0 Å². The fourth-order valence-electron chi connectivity index (χ4n) is 2.79. The molecule has 3 heterocycles. The number of rotatable bonds is 7. The van der Waals surface area contributed by atoms with Crippen LogP contribution in [0.15, 0.2) is 30.7 Å². The average Bonchev–Trinajstić information content (AvgIpc) is 2.68. The van der Waals surface area contributed by atoms with E-state index < -0.39 is 6.61 Å². The Bertz CT molecular complexity index is 826. The van der Waals surface area contributed by atoms with Crippen LogP contribution in [0, 0.1) is 5.41 Å². The van der Waals surface area contributed by atoms with E-state index in [0.717, 1.165) is 19.0 Å². The number of carbonyl (C=O) groups excluding carboxylic acids is 1. The monoisotopic (exact) mass is 376 g/mol. The van der Waals surface area contributed by atoms with Gasteiger partial charge in [0.25, 0.3) is 0 Å². The van der Waals surface area contributed by atoms with Crippen LogP contribution >= 0.6 is 0 Å². The zero-order chi connectivity index (χ0) is 19.2. The number of carbonyl (C=O) groups is 1. The number of nitrogens with one attached hydrogen (secondary N) is 2. The van der Waals surface area contributed by atoms with Gasteiger partial charge in [0.05, 0.1) is 11.9 Å². The summed E-state index contributed by atoms with van der Waals surface area (Å²) in [6, 6.07) is 3.02. The Morgan fingerprint density at radius 1 is 1.30 bits per heavy atom. The van der Waals surface area contributed by atoms with Crippen molar-refractivity contribution in [3.63, 3.8) is 0 Å². The van der Waals surface area contributed by atoms with Gasteiger partial charge in [0.15, 0.2) is 6.29 Å². The van der Waals surface area contributed by atoms with Crippen LogP contribution in [0.2, 0.25) is 0 Å². The molecule has 0 spiro atoms. The largest absolute Gasteiger partial charge is 0.433 e. The summed E-state index contributed by atoms with van der Waals surface area (Å²) in [7, 11) is 0. The van der Waals surface area contributed by atoms with Crippen molar-refractivity contribution in [3.05, 3.63) is 47.5 Å². The number of aromatic nitrogens is 2. The lowest BCUT2D eigenvalue weighted by atomic mass is 10.0. The van der Waals surface area contributed by atoms with E-state index in [0.29, 0.717) is 36.3 Å². The molecule has 9 heteroatoms. The van der Waals surface area contributed by atoms with Crippen molar-refractivity contribution < 1.29 is 23.0 Å². The number of ether oxygens (including phenoxy) is 2. The van der Waals surface area contributed by atoms with Crippen molar-refractivity contribution in [1.82, 2.24) is 9.97 Å². The highest BCUT2D eigenvalue weighted by Crippen LogP contribution is 2.24. The fourth-order valence-corrected chi connectivity index (χ4v) is 2.79. The zero-order valence-electron chi connectivity index (χ0n) is 14.3. The van der Waals surface area contributed by atoms with Crippen LogP contribution in [0.3, 0.4) is 0 Å². The summed E-state index contributed by atoms with van der Waals surface area (Å²) in [5.74, 6) is -0.136. The Labute approximate surface area is 154 Å². The van der Waals surface area contributed by atoms with Crippen LogP contribution in [-0.4, -0.2) is 47.8 Å². The molecule has 0 amide bonds. The summed E-state index contributed by atoms with van der Waals surface area (Å²) < 4.78 is 34.5. The van der Waals surface area contributed by atoms with Crippen LogP contribution in [0.1, 0.15) is 34.5 Å². The van der Waals surface area contributed by atoms with E-state index in [1.54, 1.807) is 6.07 Å². The summed E-state index contributed by atoms with van der Waals surface area (Å²) in [4.78, 5) is 19.0. The number of hydrogen-bond acceptors (Lipinski definition) is 7. The fraction of sp³-hybridized carbons (Fsp3) is 0.333. The molecular weight excluding hydrogens is 358 g/mol. The third-order valence-electron chi connectivity index (χ3n) is 4.12. The molecule has 3 rings (SSSR count). The van der Waals surface area contributed by atoms with Crippen molar-refractivity contribution >= 4 is 17.7 Å². The molecule has 2 N–H and O–H groups in total. The van der Waals surface area contributed by atoms with Crippen molar-refractivity contribution in [2.24, 2.45) is 0 Å². The maximum atomic E-state index is 12.4. The van der Waals surface area contributed by atoms with Gasteiger partial charge in [-0.05, 0) is 25.0 Å². The molecule has 142 valence electrons. The lowest BCUT2D eigenvalue weighted by molar-refractivity contribution is -0.0500. The number of hydrogen-bond donors (Lipinski definition) is 2. The number of halogens is 2. The molecule has 27 heavy (non-hydrogen) atoms. The number of aldehydes is 1. The van der Waals surface area contributed by atoms with E-state index in [9.17, 15) is 13.6 Å². The molecule has 0 aromatic carbocycles. The topological polar surface area (TPSA) is 97.2 Å². The van der Waals surface area contributed by atoms with Crippen LogP contribution in [0.25, 0.3) is 0 Å². The first-order valence-corrected chi connectivity index (χ1v) is 8.35. The number of pyridine rings is 2. The first kappa shape index (κ1) is 18.8. The van der Waals surface area contributed by atoms with Crippen molar-refractivity contribution in [3.8, 4) is 5.75 Å². The average molecular weight is 376 g/mol. The Morgan fingerprint density at radius 3 is 2.78 bits per heavy atom. The molecule has 0 saturated carbocycles. The summed E-state index contributed by atoms with van der Waals surface area (Å²) in [5, 5.41) is 11.8. The van der Waals surface area contributed by atoms with Gasteiger partial charge >= 0.3 is 6.61 Å². The molecule has 0 atom stereocenters. The molecular formula is C18H18F2N4O3. The lowest BCUT2D eigenvalue weighted by Crippen LogP contribution is -2.28. The smallest absolute Gasteiger partial charge is 0.387 e. The van der Waals surface area contributed by atoms with Gasteiger partial charge < -0.3 is 14.8 Å². The highest BCUT2D eigenvalue weighted by atomic mass is 19.3. The Kier molecular flexibility index (Phi) is 6.02. The summed E-state index contributed by atoms with van der Waals surface area (Å²) in [6.45, 7) is -1.71. The van der Waals surface area contributed by atoms with Crippen molar-refractivity contribution in [1.29, 1.82) is 5.41 Å². The molecule has 1 aliphatic heterocycles. The van der Waals surface area contributed by atoms with Gasteiger partial charge in [-0.3, -0.25) is 20.2 Å². The first-order chi connectivity index (χ1) is 13.1. The molecule has 0 unspecified atom stereocenters. The molecule has 1 saturated heterocycles. The lowest BCUT2D eigenvalue weighted by Gasteiger charge is -2.25. The molecule has 7 nitrogen and oxygen atoms in total. The van der Waals surface area contributed by atoms with Crippen LogP contribution in [-0.2, 0) is 4.74 Å². The third-order valence-corrected chi connectivity index (χ3v) is 4.12. The summed E-state index contributed by atoms with van der Waals surface area (Å²) in [6.07, 6.45) is 6.16. The van der Waals surface area contributed by atoms with Gasteiger partial charge in [-0.1, -0.05) is 0 Å². The second-order valence-corrected chi connectivity index (χ2v) is 5.97. The summed E-state index contributed by atoms with van der Waals surface area (Å²) >= 11 is 0. The Hall–Kier alpha value is -2.94. The van der Waals surface area contributed by atoms with Gasteiger partial charge in [-0.15, -0.1) is 0 Å². The third kappa shape index (κ3) is 4.82. The summed E-state index contributed by atoms with van der Waals surface area (Å²) in [5.41, 5.74) is 1.56. The van der Waals surface area contributed by atoms with Gasteiger partial charge in [0.2, 0.25) is 0 Å². The van der Waals surface area contributed by atoms with Crippen LogP contribution in [0.5, 0.6) is 5.75 Å². The standard InChI is InChI=1S/C18H18F2N4O3/c19-18(20)27-14-5-11(7-22-8-14)17(21)15-9-23-13(10-25)6-16(15)24-12-1-3-26-4-2-12/h5-10,12,18,21H,1-4H2,(H,23,24). The van der Waals surface area contributed by atoms with Gasteiger partial charge in [-0.2, -0.15) is 8.78 Å². The number of alkyl halides is 2. The first-order valence-electron chi connectivity index (χ1n) is 8.35. The van der Waals surface area contributed by atoms with Gasteiger partial charge in [0.1, 0.15) is 11.4 Å². The van der Waals surface area contributed by atoms with E-state index in [4.69, 9.17) is 10.1 Å². The highest BCUT2D eigenvalue weighted by molar-refractivity contribution is 6.14. The molecule has 1 fully saturated rings. The maximum Gasteiger partial charge on any atom is 0.387 e. The van der Waals surface area contributed by atoms with E-state index in [2.05, 4.69) is 20.0 Å². The SMILES string of the molecule is N=C(c1cncc(OC(F)F)c1)c1cnc(C=O)cc1NC1CCOCC1. The quantitative estimate of drug-likeness (QED) is 0.570. The molecule has 1 aliphatic rings. The van der Waals surface area contributed by atoms with Gasteiger partial charge in [-0.25, -0.2) is 0 Å². The second kappa shape index (κ2) is 8.63. The zero-order valence-corrected chi connectivity index (χ0v) is 14.3. The molecule has 0 aliphatic carbocycles. The Morgan fingerprint density at radius 2 is 2.07 bits per heavy atom. The molecule has 2 aromatic rings. The molecule has 2 aromatic heterocycles. The maximum absolute atomic E-state index is 12.4. The Balaban J connectivity index is 1.90. The highest BCUT2D eigenvalue weighted by Gasteiger charge is 2.18. The molecule has 0 radical (unpaired) electrons. The minimum absolute atomic E-state index is 0.0294. The minimum atomic E-state index is -2.98. The predicted octanol–water partition coefficient (Wildman–Crippen LogP) is 2.90. The van der Waals surface area contributed by atoms with Crippen molar-refractivity contribution in [2.45, 2.75) is 25.5 Å².